The fraction of sp³-hybridized carbons (Fsp3) is 0.276. The molecule has 1 fully saturated rings. The summed E-state index contributed by atoms with van der Waals surface area (Å²) in [7, 11) is -4.01. The van der Waals surface area contributed by atoms with E-state index in [1.54, 1.807) is 30.6 Å². The van der Waals surface area contributed by atoms with Gasteiger partial charge >= 0.3 is 5.69 Å². The van der Waals surface area contributed by atoms with Gasteiger partial charge in [0, 0.05) is 37.6 Å². The molecule has 0 spiro atoms. The van der Waals surface area contributed by atoms with Gasteiger partial charge in [0.1, 0.15) is 23.1 Å². The minimum Gasteiger partial charge on any atom is -0.349 e. The average Bonchev–Trinajstić information content (AvgIpc) is 2.93. The second kappa shape index (κ2) is 10.9. The van der Waals surface area contributed by atoms with E-state index in [2.05, 4.69) is 21.5 Å². The first-order chi connectivity index (χ1) is 20.2. The Morgan fingerprint density at radius 3 is 2.35 bits per heavy atom. The largest absolute Gasteiger partial charge is 0.355 e. The molecule has 0 radical (unpaired) electrons. The molecule has 0 N–H and O–H groups in total. The van der Waals surface area contributed by atoms with Crippen molar-refractivity contribution in [2.45, 2.75) is 37.9 Å². The van der Waals surface area contributed by atoms with Crippen molar-refractivity contribution < 1.29 is 26.4 Å². The number of hydrogen-bond acceptors (Lipinski definition) is 8. The lowest BCUT2D eigenvalue weighted by Crippen LogP contribution is -2.58. The van der Waals surface area contributed by atoms with Gasteiger partial charge in [-0.3, -0.25) is 4.79 Å². The zero-order chi connectivity index (χ0) is 31.4. The van der Waals surface area contributed by atoms with Gasteiger partial charge in [-0.1, -0.05) is 12.6 Å². The molecular formula is C29H27F3N6O4S. The van der Waals surface area contributed by atoms with Gasteiger partial charge in [0.2, 0.25) is 5.91 Å². The number of anilines is 1. The standard InChI is InChI=1S/C29H27F3N6O4S/c1-6-22(39)36-13-17(4)37(14-16(36)3)26-18-12-21(32)24(23-19(30)8-7-9-20(23)31)34-27(18)38(29(40)35-26)25-15(2)10-11-33-28(25)43(5,41)42/h6-12,16-17H,1,13-14H2,2-5H3/t16-,17-/m0/s1. The first-order valence-electron chi connectivity index (χ1n) is 13.2. The van der Waals surface area contributed by atoms with Crippen LogP contribution in [-0.2, 0) is 14.6 Å². The van der Waals surface area contributed by atoms with Crippen LogP contribution >= 0.6 is 0 Å². The fourth-order valence-corrected chi connectivity index (χ4v) is 6.20. The van der Waals surface area contributed by atoms with Crippen LogP contribution in [0.4, 0.5) is 19.0 Å². The summed E-state index contributed by atoms with van der Waals surface area (Å²) >= 11 is 0. The van der Waals surface area contributed by atoms with Gasteiger partial charge in [-0.15, -0.1) is 0 Å². The second-order valence-electron chi connectivity index (χ2n) is 10.4. The predicted octanol–water partition coefficient (Wildman–Crippen LogP) is 3.58. The van der Waals surface area contributed by atoms with Gasteiger partial charge in [0.25, 0.3) is 0 Å². The molecule has 1 saturated heterocycles. The Labute approximate surface area is 245 Å². The molecule has 224 valence electrons. The Morgan fingerprint density at radius 1 is 1.05 bits per heavy atom. The van der Waals surface area contributed by atoms with Crippen LogP contribution in [0.5, 0.6) is 0 Å². The molecule has 0 bridgehead atoms. The molecular weight excluding hydrogens is 585 g/mol. The van der Waals surface area contributed by atoms with E-state index >= 15 is 4.39 Å². The number of pyridine rings is 2. The molecule has 14 heteroatoms. The number of nitrogens with zero attached hydrogens (tertiary/aromatic N) is 6. The van der Waals surface area contributed by atoms with Gasteiger partial charge in [-0.2, -0.15) is 4.98 Å². The highest BCUT2D eigenvalue weighted by Gasteiger charge is 2.34. The van der Waals surface area contributed by atoms with E-state index in [1.165, 1.54) is 18.3 Å². The van der Waals surface area contributed by atoms with Crippen molar-refractivity contribution in [3.63, 3.8) is 0 Å². The number of rotatable bonds is 5. The van der Waals surface area contributed by atoms with E-state index in [-0.39, 0.29) is 47.6 Å². The van der Waals surface area contributed by atoms with Crippen LogP contribution in [0.3, 0.4) is 0 Å². The molecule has 43 heavy (non-hydrogen) atoms. The molecule has 4 heterocycles. The number of sulfone groups is 1. The van der Waals surface area contributed by atoms with E-state index in [0.29, 0.717) is 5.56 Å². The molecule has 5 rings (SSSR count). The van der Waals surface area contributed by atoms with E-state index in [1.807, 2.05) is 0 Å². The van der Waals surface area contributed by atoms with Crippen molar-refractivity contribution in [3.8, 4) is 16.9 Å². The van der Waals surface area contributed by atoms with Crippen molar-refractivity contribution in [2.75, 3.05) is 24.2 Å². The molecule has 0 aliphatic carbocycles. The molecule has 3 aromatic heterocycles. The Bertz CT molecular complexity index is 1960. The summed E-state index contributed by atoms with van der Waals surface area (Å²) < 4.78 is 71.8. The zero-order valence-corrected chi connectivity index (χ0v) is 24.5. The number of carbonyl (C=O) groups excluding carboxylic acids is 1. The summed E-state index contributed by atoms with van der Waals surface area (Å²) in [5.41, 5.74) is -2.63. The molecule has 4 aromatic rings. The van der Waals surface area contributed by atoms with Crippen molar-refractivity contribution in [2.24, 2.45) is 0 Å². The second-order valence-corrected chi connectivity index (χ2v) is 12.4. The predicted molar refractivity (Wildman–Crippen MR) is 154 cm³/mol. The maximum absolute atomic E-state index is 15.8. The van der Waals surface area contributed by atoms with Crippen LogP contribution in [0.1, 0.15) is 19.4 Å². The number of halogens is 3. The highest BCUT2D eigenvalue weighted by molar-refractivity contribution is 7.90. The normalized spacial score (nSPS) is 17.4. The Kier molecular flexibility index (Phi) is 7.59. The summed E-state index contributed by atoms with van der Waals surface area (Å²) in [6, 6.07) is 4.65. The van der Waals surface area contributed by atoms with Gasteiger partial charge in [0.05, 0.1) is 16.6 Å². The topological polar surface area (TPSA) is 118 Å². The van der Waals surface area contributed by atoms with Gasteiger partial charge in [0.15, 0.2) is 26.3 Å². The summed E-state index contributed by atoms with van der Waals surface area (Å²) in [6.07, 6.45) is 3.37. The minimum absolute atomic E-state index is 0.00991. The molecule has 1 aromatic carbocycles. The number of aryl methyl sites for hydroxylation is 1. The number of fused-ring (bicyclic) bond motifs is 1. The third-order valence-electron chi connectivity index (χ3n) is 7.38. The smallest absolute Gasteiger partial charge is 0.349 e. The summed E-state index contributed by atoms with van der Waals surface area (Å²) in [5, 5.41) is -0.489. The Hall–Kier alpha value is -4.59. The molecule has 1 aliphatic heterocycles. The Morgan fingerprint density at radius 2 is 1.72 bits per heavy atom. The first-order valence-corrected chi connectivity index (χ1v) is 15.1. The number of benzene rings is 1. The van der Waals surface area contributed by atoms with Crippen LogP contribution in [-0.4, -0.2) is 70.2 Å². The van der Waals surface area contributed by atoms with E-state index in [9.17, 15) is 26.8 Å². The number of carbonyl (C=O) groups is 1. The van der Waals surface area contributed by atoms with Crippen LogP contribution in [0.2, 0.25) is 0 Å². The van der Waals surface area contributed by atoms with Gasteiger partial charge < -0.3 is 9.80 Å². The summed E-state index contributed by atoms with van der Waals surface area (Å²) in [5.74, 6) is -3.55. The van der Waals surface area contributed by atoms with E-state index in [4.69, 9.17) is 0 Å². The number of amides is 1. The summed E-state index contributed by atoms with van der Waals surface area (Å²) in [6.45, 7) is 9.08. The lowest BCUT2D eigenvalue weighted by Gasteiger charge is -2.44. The van der Waals surface area contributed by atoms with Crippen molar-refractivity contribution in [3.05, 3.63) is 82.7 Å². The van der Waals surface area contributed by atoms with Crippen molar-refractivity contribution >= 4 is 32.6 Å². The molecule has 0 saturated carbocycles. The van der Waals surface area contributed by atoms with Crippen LogP contribution in [0, 0.1) is 24.4 Å². The van der Waals surface area contributed by atoms with Gasteiger partial charge in [-0.05, 0) is 56.7 Å². The van der Waals surface area contributed by atoms with Crippen molar-refractivity contribution in [1.29, 1.82) is 0 Å². The highest BCUT2D eigenvalue weighted by atomic mass is 32.2. The minimum atomic E-state index is -4.01. The van der Waals surface area contributed by atoms with Gasteiger partial charge in [-0.25, -0.2) is 40.9 Å². The zero-order valence-electron chi connectivity index (χ0n) is 23.7. The number of piperazine rings is 1. The quantitative estimate of drug-likeness (QED) is 0.314. The highest BCUT2D eigenvalue weighted by Crippen LogP contribution is 2.35. The molecule has 0 unspecified atom stereocenters. The number of aromatic nitrogens is 4. The maximum atomic E-state index is 15.8. The first kappa shape index (κ1) is 29.9. The Balaban J connectivity index is 1.87. The van der Waals surface area contributed by atoms with Crippen LogP contribution in [0.25, 0.3) is 28.0 Å². The molecule has 2 atom stereocenters. The average molecular weight is 613 g/mol. The SMILES string of the molecule is C=CC(=O)N1C[C@H](C)N(c2nc(=O)n(-c3c(C)ccnc3S(C)(=O)=O)c3nc(-c4c(F)cccc4F)c(F)cc23)C[C@@H]1C. The molecule has 10 nitrogen and oxygen atoms in total. The molecule has 1 aliphatic rings. The monoisotopic (exact) mass is 612 g/mol. The number of hydrogen-bond donors (Lipinski definition) is 0. The third-order valence-corrected chi connectivity index (χ3v) is 8.39. The third kappa shape index (κ3) is 5.15. The fourth-order valence-electron chi connectivity index (χ4n) is 5.34. The van der Waals surface area contributed by atoms with Crippen LogP contribution < -0.4 is 10.6 Å². The van der Waals surface area contributed by atoms with E-state index in [0.717, 1.165) is 35.1 Å². The van der Waals surface area contributed by atoms with Crippen molar-refractivity contribution in [1.82, 2.24) is 24.4 Å². The lowest BCUT2D eigenvalue weighted by atomic mass is 10.1. The van der Waals surface area contributed by atoms with E-state index < -0.39 is 55.3 Å². The molecule has 1 amide bonds. The lowest BCUT2D eigenvalue weighted by molar-refractivity contribution is -0.128. The maximum Gasteiger partial charge on any atom is 0.355 e. The van der Waals surface area contributed by atoms with Crippen LogP contribution in [0.15, 0.2) is 59.0 Å². The summed E-state index contributed by atoms with van der Waals surface area (Å²) in [4.78, 5) is 42.0.